The number of benzene rings is 4. The van der Waals surface area contributed by atoms with Crippen molar-refractivity contribution in [2.24, 2.45) is 16.4 Å². The number of hydrogen-bond acceptors (Lipinski definition) is 8. The second kappa shape index (κ2) is 21.8. The average molecular weight is 797 g/mol. The lowest BCUT2D eigenvalue weighted by molar-refractivity contribution is 0.0987. The van der Waals surface area contributed by atoms with Crippen molar-refractivity contribution in [3.05, 3.63) is 123 Å². The summed E-state index contributed by atoms with van der Waals surface area (Å²) in [7, 11) is 0. The summed E-state index contributed by atoms with van der Waals surface area (Å²) >= 11 is 0. The molecule has 0 unspecified atom stereocenters. The van der Waals surface area contributed by atoms with Crippen LogP contribution in [0.25, 0.3) is 22.3 Å². The molecule has 306 valence electrons. The maximum Gasteiger partial charge on any atom is 0.210 e. The van der Waals surface area contributed by atoms with Gasteiger partial charge in [0.25, 0.3) is 0 Å². The minimum absolute atomic E-state index is 0. The lowest BCUT2D eigenvalue weighted by atomic mass is 9.73. The van der Waals surface area contributed by atoms with Crippen LogP contribution in [0.3, 0.4) is 0 Å². The molecule has 4 aromatic rings. The standard InChI is InChI=1S/C20H21NO2.C20H22O.C4H9NO2.C4H8O.ClH/c1-4-20(5-2)17-9-7-6-8-15(17)16-11-10-14(12-18(16)20)19(22)13(3)21-23;1-4-19(21)14-11-12-16-15-9-7-8-10-17(15)20(5-2,6-3)18(16)13-14;1-4(2)3-7-5-6;1-2-4-5-3-1;/h6-12,23H,4-5H2,1-3H3;7-13H,4-6H2,1-3H3;4H,3H2,1-2H3;1-4H2;1H/b21-13-;;;;. The number of Topliss-reactive ketones (excluding diaryl/α,β-unsaturated/α-hetero) is 2. The van der Waals surface area contributed by atoms with Crippen molar-refractivity contribution < 1.29 is 24.4 Å². The van der Waals surface area contributed by atoms with Crippen molar-refractivity contribution in [1.82, 2.24) is 0 Å². The summed E-state index contributed by atoms with van der Waals surface area (Å²) in [6, 6.07) is 29.3. The van der Waals surface area contributed by atoms with E-state index in [2.05, 4.69) is 104 Å². The molecule has 1 heterocycles. The van der Waals surface area contributed by atoms with Gasteiger partial charge in [0, 0.05) is 41.6 Å². The highest BCUT2D eigenvalue weighted by atomic mass is 35.5. The number of fused-ring (bicyclic) bond motifs is 6. The van der Waals surface area contributed by atoms with Crippen molar-refractivity contribution in [1.29, 1.82) is 0 Å². The highest BCUT2D eigenvalue weighted by molar-refractivity contribution is 6.45. The molecule has 7 rings (SSSR count). The van der Waals surface area contributed by atoms with Crippen LogP contribution in [0.15, 0.2) is 95.4 Å². The lowest BCUT2D eigenvalue weighted by Gasteiger charge is -2.29. The number of hydrogen-bond donors (Lipinski definition) is 1. The number of carbonyl (C=O) groups excluding carboxylic acids is 2. The highest BCUT2D eigenvalue weighted by Crippen LogP contribution is 2.54. The molecular weight excluding hydrogens is 736 g/mol. The second-order valence-electron chi connectivity index (χ2n) is 15.1. The van der Waals surface area contributed by atoms with Gasteiger partial charge in [-0.3, -0.25) is 9.59 Å². The van der Waals surface area contributed by atoms with E-state index in [0.717, 1.165) is 44.5 Å². The molecule has 1 fully saturated rings. The molecule has 1 N–H and O–H groups in total. The molecule has 8 nitrogen and oxygen atoms in total. The Labute approximate surface area is 345 Å². The van der Waals surface area contributed by atoms with Gasteiger partial charge in [0.2, 0.25) is 5.78 Å². The van der Waals surface area contributed by atoms with Crippen LogP contribution in [0.2, 0.25) is 0 Å². The van der Waals surface area contributed by atoms with Crippen LogP contribution in [0, 0.1) is 10.8 Å². The lowest BCUT2D eigenvalue weighted by Crippen LogP contribution is -2.23. The topological polar surface area (TPSA) is 115 Å². The van der Waals surface area contributed by atoms with E-state index in [-0.39, 0.29) is 40.5 Å². The smallest absolute Gasteiger partial charge is 0.210 e. The Bertz CT molecular complexity index is 1990. The van der Waals surface area contributed by atoms with E-state index in [1.165, 1.54) is 64.3 Å². The monoisotopic (exact) mass is 796 g/mol. The minimum atomic E-state index is -0.229. The Morgan fingerprint density at radius 3 is 1.51 bits per heavy atom. The number of oxime groups is 1. The largest absolute Gasteiger partial charge is 0.411 e. The van der Waals surface area contributed by atoms with E-state index < -0.39 is 0 Å². The average Bonchev–Trinajstić information content (AvgIpc) is 3.99. The van der Waals surface area contributed by atoms with Gasteiger partial charge in [0.15, 0.2) is 11.1 Å². The van der Waals surface area contributed by atoms with Crippen molar-refractivity contribution in [3.8, 4) is 22.3 Å². The van der Waals surface area contributed by atoms with Crippen LogP contribution < -0.4 is 0 Å². The molecule has 1 aliphatic heterocycles. The van der Waals surface area contributed by atoms with Gasteiger partial charge in [-0.05, 0) is 108 Å². The van der Waals surface area contributed by atoms with Crippen LogP contribution in [0.5, 0.6) is 0 Å². The molecule has 0 bridgehead atoms. The van der Waals surface area contributed by atoms with Crippen LogP contribution >= 0.6 is 12.4 Å². The summed E-state index contributed by atoms with van der Waals surface area (Å²) in [5.41, 5.74) is 12.0. The molecule has 0 saturated carbocycles. The first kappa shape index (κ1) is 46.7. The Morgan fingerprint density at radius 2 is 1.14 bits per heavy atom. The van der Waals surface area contributed by atoms with Gasteiger partial charge in [-0.2, -0.15) is 0 Å². The third-order valence-electron chi connectivity index (χ3n) is 11.6. The summed E-state index contributed by atoms with van der Waals surface area (Å²) < 4.78 is 4.94. The van der Waals surface area contributed by atoms with Crippen molar-refractivity contribution in [3.63, 3.8) is 0 Å². The Kier molecular flexibility index (Phi) is 17.8. The molecule has 0 atom stereocenters. The van der Waals surface area contributed by atoms with Gasteiger partial charge >= 0.3 is 0 Å². The first-order valence-corrected chi connectivity index (χ1v) is 20.3. The predicted molar refractivity (Wildman–Crippen MR) is 234 cm³/mol. The molecule has 0 amide bonds. The Hall–Kier alpha value is -4.66. The molecule has 0 aromatic heterocycles. The number of halogens is 1. The van der Waals surface area contributed by atoms with Crippen molar-refractivity contribution >= 4 is 29.7 Å². The molecule has 4 aromatic carbocycles. The summed E-state index contributed by atoms with van der Waals surface area (Å²) in [5.74, 6) is 0.389. The van der Waals surface area contributed by atoms with Gasteiger partial charge in [0.1, 0.15) is 12.3 Å². The van der Waals surface area contributed by atoms with Crippen LogP contribution in [-0.2, 0) is 20.4 Å². The maximum absolute atomic E-state index is 12.3. The zero-order chi connectivity index (χ0) is 40.9. The maximum atomic E-state index is 12.3. The normalized spacial score (nSPS) is 14.7. The third kappa shape index (κ3) is 9.90. The van der Waals surface area contributed by atoms with Gasteiger partial charge in [-0.15, -0.1) is 17.3 Å². The number of rotatable bonds is 11. The molecular formula is C48H61ClN2O6. The SMILES string of the molecule is C1CCOC1.CC(C)CON=O.CCC(=O)c1ccc2c(c1)C(CC)(CC)c1ccccc1-2.CCC1(CC)c2ccccc2-c2ccc(C(=O)/C(C)=N\O)cc21.Cl. The highest BCUT2D eigenvalue weighted by Gasteiger charge is 2.41. The van der Waals surface area contributed by atoms with Crippen LogP contribution in [0.1, 0.15) is 143 Å². The second-order valence-corrected chi connectivity index (χ2v) is 15.1. The summed E-state index contributed by atoms with van der Waals surface area (Å²) in [6.07, 6.45) is 7.22. The van der Waals surface area contributed by atoms with E-state index in [4.69, 9.17) is 9.94 Å². The molecule has 57 heavy (non-hydrogen) atoms. The third-order valence-corrected chi connectivity index (χ3v) is 11.6. The fourth-order valence-electron chi connectivity index (χ4n) is 8.40. The predicted octanol–water partition coefficient (Wildman–Crippen LogP) is 12.7. The fourth-order valence-corrected chi connectivity index (χ4v) is 8.40. The zero-order valence-corrected chi connectivity index (χ0v) is 35.8. The zero-order valence-electron chi connectivity index (χ0n) is 35.0. The van der Waals surface area contributed by atoms with Crippen LogP contribution in [0.4, 0.5) is 0 Å². The molecule has 2 aliphatic carbocycles. The van der Waals surface area contributed by atoms with E-state index in [0.29, 0.717) is 24.5 Å². The molecule has 9 heteroatoms. The van der Waals surface area contributed by atoms with Gasteiger partial charge in [-0.25, -0.2) is 0 Å². The van der Waals surface area contributed by atoms with E-state index in [9.17, 15) is 14.5 Å². The quantitative estimate of drug-likeness (QED) is 0.0531. The first-order valence-electron chi connectivity index (χ1n) is 20.3. The number of carbonyl (C=O) groups is 2. The summed E-state index contributed by atoms with van der Waals surface area (Å²) in [5, 5.41) is 14.1. The minimum Gasteiger partial charge on any atom is -0.411 e. The van der Waals surface area contributed by atoms with Gasteiger partial charge in [-0.1, -0.05) is 126 Å². The van der Waals surface area contributed by atoms with Gasteiger partial charge < -0.3 is 14.8 Å². The molecule has 1 saturated heterocycles. The summed E-state index contributed by atoms with van der Waals surface area (Å²) in [6.45, 7) is 18.7. The van der Waals surface area contributed by atoms with E-state index >= 15 is 0 Å². The number of nitrogens with zero attached hydrogens (tertiary/aromatic N) is 2. The van der Waals surface area contributed by atoms with E-state index in [1.807, 2.05) is 45.0 Å². The molecule has 3 aliphatic rings. The van der Waals surface area contributed by atoms with Crippen LogP contribution in [-0.4, -0.2) is 42.3 Å². The van der Waals surface area contributed by atoms with Crippen molar-refractivity contribution in [2.75, 3.05) is 19.8 Å². The van der Waals surface area contributed by atoms with Gasteiger partial charge in [0.05, 0.1) is 0 Å². The number of ether oxygens (including phenoxy) is 1. The number of ketones is 2. The van der Waals surface area contributed by atoms with E-state index in [1.54, 1.807) is 0 Å². The van der Waals surface area contributed by atoms with Crippen molar-refractivity contribution in [2.45, 2.75) is 111 Å². The summed E-state index contributed by atoms with van der Waals surface area (Å²) in [4.78, 5) is 37.8. The Morgan fingerprint density at radius 1 is 0.702 bits per heavy atom. The molecule has 0 radical (unpaired) electrons. The molecule has 0 spiro atoms. The fraction of sp³-hybridized carbons (Fsp3) is 0.438. The first-order chi connectivity index (χ1) is 27.0. The Balaban J connectivity index is 0.000000235.